The quantitative estimate of drug-likeness (QED) is 0.460. The number of ketones is 1. The number of carbonyl (C=O) groups excluding carboxylic acids is 3. The maximum Gasteiger partial charge on any atom is 0.342 e. The van der Waals surface area contributed by atoms with Crippen LogP contribution in [0.25, 0.3) is 6.08 Å². The number of fused-ring (bicyclic) bond motifs is 2. The molecule has 2 aliphatic heterocycles. The van der Waals surface area contributed by atoms with Gasteiger partial charge in [-0.3, -0.25) is 9.59 Å². The summed E-state index contributed by atoms with van der Waals surface area (Å²) < 4.78 is 11.1. The lowest BCUT2D eigenvalue weighted by Crippen LogP contribution is -2.23. The largest absolute Gasteiger partial charge is 0.507 e. The molecule has 6 nitrogen and oxygen atoms in total. The molecule has 2 aliphatic rings. The Morgan fingerprint density at radius 2 is 1.97 bits per heavy atom. The van der Waals surface area contributed by atoms with Crippen molar-refractivity contribution in [3.05, 3.63) is 51.2 Å². The van der Waals surface area contributed by atoms with Gasteiger partial charge in [0, 0.05) is 24.3 Å². The molecule has 3 heterocycles. The number of hydrogen-bond acceptors (Lipinski definition) is 7. The number of allylic oxidation sites excluding steroid dienone is 1. The molecule has 0 unspecified atom stereocenters. The van der Waals surface area contributed by atoms with E-state index in [9.17, 15) is 19.5 Å². The van der Waals surface area contributed by atoms with Gasteiger partial charge in [-0.05, 0) is 66.6 Å². The Balaban J connectivity index is 1.79. The molecule has 0 bridgehead atoms. The van der Waals surface area contributed by atoms with Crippen LogP contribution in [-0.2, 0) is 14.3 Å². The minimum atomic E-state index is -0.623. The molecule has 0 saturated heterocycles. The topological polar surface area (TPSA) is 89.9 Å². The van der Waals surface area contributed by atoms with E-state index in [2.05, 4.69) is 0 Å². The van der Waals surface area contributed by atoms with Crippen LogP contribution in [0.1, 0.15) is 84.8 Å². The summed E-state index contributed by atoms with van der Waals surface area (Å²) in [4.78, 5) is 37.4. The van der Waals surface area contributed by atoms with Gasteiger partial charge in [0.25, 0.3) is 0 Å². The third-order valence-corrected chi connectivity index (χ3v) is 6.63. The summed E-state index contributed by atoms with van der Waals surface area (Å²) >= 11 is 1.50. The Kier molecular flexibility index (Phi) is 6.74. The minimum Gasteiger partial charge on any atom is -0.507 e. The maximum absolute atomic E-state index is 13.1. The monoisotopic (exact) mass is 454 g/mol. The number of ether oxygens (including phenoxy) is 2. The average Bonchev–Trinajstić information content (AvgIpc) is 3.27. The van der Waals surface area contributed by atoms with E-state index in [4.69, 9.17) is 9.47 Å². The predicted octanol–water partition coefficient (Wildman–Crippen LogP) is 5.38. The summed E-state index contributed by atoms with van der Waals surface area (Å²) in [5.41, 5.74) is 1.84. The fourth-order valence-electron chi connectivity index (χ4n) is 4.28. The number of thiophene rings is 1. The van der Waals surface area contributed by atoms with Crippen LogP contribution in [0, 0.1) is 0 Å². The molecule has 0 fully saturated rings. The van der Waals surface area contributed by atoms with Crippen LogP contribution in [0.2, 0.25) is 0 Å². The maximum atomic E-state index is 13.1. The number of rotatable bonds is 1. The number of Topliss-reactive ketones (excluding diaryl/α,β-unsaturated/α-hetero) is 1. The lowest BCUT2D eigenvalue weighted by Gasteiger charge is -2.27. The average molecular weight is 455 g/mol. The second-order valence-corrected chi connectivity index (χ2v) is 9.11. The summed E-state index contributed by atoms with van der Waals surface area (Å²) in [6.07, 6.45) is 6.88. The number of hydrogen-bond donors (Lipinski definition) is 1. The minimum absolute atomic E-state index is 0.0816. The summed E-state index contributed by atoms with van der Waals surface area (Å²) in [7, 11) is 0. The molecule has 0 amide bonds. The van der Waals surface area contributed by atoms with Crippen molar-refractivity contribution >= 4 is 35.1 Å². The first-order valence-electron chi connectivity index (χ1n) is 11.0. The van der Waals surface area contributed by atoms with Gasteiger partial charge < -0.3 is 14.6 Å². The number of aromatic hydroxyl groups is 1. The predicted molar refractivity (Wildman–Crippen MR) is 121 cm³/mol. The Morgan fingerprint density at radius 1 is 1.16 bits per heavy atom. The molecule has 4 rings (SSSR count). The fourth-order valence-corrected chi connectivity index (χ4v) is 4.99. The molecule has 2 aromatic rings. The van der Waals surface area contributed by atoms with Crippen molar-refractivity contribution in [2.75, 3.05) is 0 Å². The number of phenolic OH excluding ortho intramolecular Hbond substituents is 1. The number of esters is 2. The van der Waals surface area contributed by atoms with E-state index in [1.54, 1.807) is 19.1 Å². The molecule has 1 N–H and O–H groups in total. The Bertz CT molecular complexity index is 1050. The van der Waals surface area contributed by atoms with Crippen molar-refractivity contribution in [3.63, 3.8) is 0 Å². The van der Waals surface area contributed by atoms with Gasteiger partial charge in [-0.2, -0.15) is 11.3 Å². The second-order valence-electron chi connectivity index (χ2n) is 8.33. The summed E-state index contributed by atoms with van der Waals surface area (Å²) in [6, 6.07) is 3.53. The highest BCUT2D eigenvalue weighted by atomic mass is 32.1. The molecule has 168 valence electrons. The van der Waals surface area contributed by atoms with Crippen LogP contribution < -0.4 is 4.74 Å². The Hall–Kier alpha value is -2.93. The molecule has 32 heavy (non-hydrogen) atoms. The van der Waals surface area contributed by atoms with Crippen molar-refractivity contribution < 1.29 is 29.0 Å². The van der Waals surface area contributed by atoms with Crippen LogP contribution in [0.15, 0.2) is 29.0 Å². The first-order chi connectivity index (χ1) is 15.4. The zero-order chi connectivity index (χ0) is 22.7. The van der Waals surface area contributed by atoms with E-state index >= 15 is 0 Å². The van der Waals surface area contributed by atoms with Gasteiger partial charge in [0.05, 0.1) is 12.5 Å². The summed E-state index contributed by atoms with van der Waals surface area (Å²) in [5, 5.41) is 15.1. The lowest BCUT2D eigenvalue weighted by molar-refractivity contribution is -0.135. The smallest absolute Gasteiger partial charge is 0.342 e. The number of cyclic esters (lactones) is 1. The van der Waals surface area contributed by atoms with Crippen LogP contribution >= 0.6 is 11.3 Å². The third-order valence-electron chi connectivity index (χ3n) is 5.92. The van der Waals surface area contributed by atoms with Crippen molar-refractivity contribution in [1.29, 1.82) is 0 Å². The molecule has 1 aromatic heterocycles. The van der Waals surface area contributed by atoms with Crippen molar-refractivity contribution in [2.45, 2.75) is 63.9 Å². The van der Waals surface area contributed by atoms with Gasteiger partial charge in [0.1, 0.15) is 22.8 Å². The van der Waals surface area contributed by atoms with Crippen LogP contribution in [0.4, 0.5) is 0 Å². The van der Waals surface area contributed by atoms with Gasteiger partial charge in [-0.25, -0.2) is 4.79 Å². The summed E-state index contributed by atoms with van der Waals surface area (Å²) in [6.45, 7) is 1.79. The molecule has 0 saturated carbocycles. The Morgan fingerprint density at radius 3 is 2.75 bits per heavy atom. The third kappa shape index (κ3) is 4.78. The van der Waals surface area contributed by atoms with Crippen molar-refractivity contribution in [3.8, 4) is 11.5 Å². The standard InChI is InChI=1S/C25H26O6S/c1-15-6-5-9-18(26)8-4-2-3-7-16-12-20-23(24(28)22(16)25(29)30-15)19(13-21(27)31-20)17-10-11-32-14-17/h3,7,10-12,14-15,19,28H,2,4-6,8-9,13H2,1H3/t15-,19-/m1/s1. The highest BCUT2D eigenvalue weighted by Crippen LogP contribution is 2.47. The number of benzene rings is 1. The highest BCUT2D eigenvalue weighted by Gasteiger charge is 2.35. The van der Waals surface area contributed by atoms with Gasteiger partial charge >= 0.3 is 11.9 Å². The molecule has 2 atom stereocenters. The van der Waals surface area contributed by atoms with Crippen LogP contribution in [-0.4, -0.2) is 28.9 Å². The zero-order valence-corrected chi connectivity index (χ0v) is 18.8. The van der Waals surface area contributed by atoms with E-state index in [1.165, 1.54) is 11.3 Å². The van der Waals surface area contributed by atoms with Crippen molar-refractivity contribution in [2.24, 2.45) is 0 Å². The van der Waals surface area contributed by atoms with Crippen molar-refractivity contribution in [1.82, 2.24) is 0 Å². The molecular weight excluding hydrogens is 428 g/mol. The second kappa shape index (κ2) is 9.69. The molecule has 0 aliphatic carbocycles. The highest BCUT2D eigenvalue weighted by molar-refractivity contribution is 7.08. The first kappa shape index (κ1) is 22.3. The van der Waals surface area contributed by atoms with Gasteiger partial charge in [0.15, 0.2) is 0 Å². The van der Waals surface area contributed by atoms with E-state index in [0.29, 0.717) is 43.2 Å². The van der Waals surface area contributed by atoms with E-state index in [-0.39, 0.29) is 35.2 Å². The van der Waals surface area contributed by atoms with E-state index in [0.717, 1.165) is 12.0 Å². The Labute approximate surface area is 190 Å². The summed E-state index contributed by atoms with van der Waals surface area (Å²) in [5.74, 6) is -1.13. The molecule has 1 aromatic carbocycles. The van der Waals surface area contributed by atoms with Gasteiger partial charge in [-0.15, -0.1) is 0 Å². The first-order valence-corrected chi connectivity index (χ1v) is 11.9. The molecular formula is C25H26O6S. The zero-order valence-electron chi connectivity index (χ0n) is 18.0. The van der Waals surface area contributed by atoms with Crippen LogP contribution in [0.3, 0.4) is 0 Å². The molecule has 7 heteroatoms. The van der Waals surface area contributed by atoms with Gasteiger partial charge in [-0.1, -0.05) is 12.2 Å². The van der Waals surface area contributed by atoms with E-state index < -0.39 is 18.0 Å². The van der Waals surface area contributed by atoms with E-state index in [1.807, 2.05) is 22.9 Å². The number of carbonyl (C=O) groups is 3. The lowest BCUT2D eigenvalue weighted by atomic mass is 9.84. The van der Waals surface area contributed by atoms with Gasteiger partial charge in [0.2, 0.25) is 0 Å². The fraction of sp³-hybridized carbons (Fsp3) is 0.400. The molecule has 0 radical (unpaired) electrons. The SMILES string of the molecule is C[C@@H]1CCCC(=O)CCCC=Cc2cc3c(c(O)c2C(=O)O1)[C@@H](c1ccsc1)CC(=O)O3. The normalized spacial score (nSPS) is 22.3. The number of phenols is 1. The van der Waals surface area contributed by atoms with Crippen LogP contribution in [0.5, 0.6) is 11.5 Å². The molecule has 0 spiro atoms.